The molecule has 0 atom stereocenters. The van der Waals surface area contributed by atoms with Crippen molar-refractivity contribution in [3.8, 4) is 0 Å². The van der Waals surface area contributed by atoms with Gasteiger partial charge in [-0.1, -0.05) is 18.2 Å². The number of amides is 1. The molecule has 1 fully saturated rings. The number of likely N-dealkylation sites (N-methyl/N-ethyl adjacent to an activating group) is 1. The van der Waals surface area contributed by atoms with Crippen LogP contribution in [0.4, 0.5) is 0 Å². The first-order valence-electron chi connectivity index (χ1n) is 8.69. The van der Waals surface area contributed by atoms with Crippen LogP contribution >= 0.6 is 0 Å². The number of fused-ring (bicyclic) bond motifs is 1. The molecule has 0 saturated carbocycles. The Labute approximate surface area is 143 Å². The van der Waals surface area contributed by atoms with Crippen molar-refractivity contribution in [2.24, 2.45) is 0 Å². The summed E-state index contributed by atoms with van der Waals surface area (Å²) in [6, 6.07) is 9.68. The van der Waals surface area contributed by atoms with E-state index in [0.29, 0.717) is 6.54 Å². The summed E-state index contributed by atoms with van der Waals surface area (Å²) in [5.74, 6) is -0.00456. The maximum atomic E-state index is 12.5. The first-order chi connectivity index (χ1) is 11.6. The fourth-order valence-electron chi connectivity index (χ4n) is 3.17. The monoisotopic (exact) mass is 326 g/mol. The van der Waals surface area contributed by atoms with Crippen LogP contribution in [0.3, 0.4) is 0 Å². The number of carbonyl (C=O) groups excluding carboxylic acids is 1. The molecule has 128 valence electrons. The number of hydrogen-bond acceptors (Lipinski definition) is 4. The summed E-state index contributed by atoms with van der Waals surface area (Å²) >= 11 is 0. The maximum Gasteiger partial charge on any atom is 0.252 e. The van der Waals surface area contributed by atoms with E-state index in [4.69, 9.17) is 0 Å². The van der Waals surface area contributed by atoms with Crippen LogP contribution in [0.5, 0.6) is 0 Å². The van der Waals surface area contributed by atoms with E-state index in [1.807, 2.05) is 37.3 Å². The Morgan fingerprint density at radius 3 is 2.75 bits per heavy atom. The molecule has 5 nitrogen and oxygen atoms in total. The van der Waals surface area contributed by atoms with Crippen molar-refractivity contribution >= 4 is 16.8 Å². The molecule has 1 aliphatic rings. The first kappa shape index (κ1) is 16.9. The van der Waals surface area contributed by atoms with Crippen LogP contribution in [0.25, 0.3) is 10.9 Å². The van der Waals surface area contributed by atoms with E-state index in [9.17, 15) is 4.79 Å². The summed E-state index contributed by atoms with van der Waals surface area (Å²) < 4.78 is 0. The Kier molecular flexibility index (Phi) is 5.43. The molecule has 1 amide bonds. The van der Waals surface area contributed by atoms with Gasteiger partial charge in [-0.2, -0.15) is 0 Å². The molecule has 3 rings (SSSR count). The number of rotatable bonds is 5. The second-order valence-corrected chi connectivity index (χ2v) is 6.58. The van der Waals surface area contributed by atoms with Crippen molar-refractivity contribution in [3.63, 3.8) is 0 Å². The van der Waals surface area contributed by atoms with Crippen LogP contribution in [0.15, 0.2) is 30.3 Å². The highest BCUT2D eigenvalue weighted by atomic mass is 16.1. The Morgan fingerprint density at radius 1 is 1.21 bits per heavy atom. The van der Waals surface area contributed by atoms with Crippen molar-refractivity contribution in [1.82, 2.24) is 20.1 Å². The molecule has 1 N–H and O–H groups in total. The molecule has 0 bridgehead atoms. The third-order valence-corrected chi connectivity index (χ3v) is 4.62. The number of hydrogen-bond donors (Lipinski definition) is 1. The molecule has 1 aromatic carbocycles. The number of piperazine rings is 1. The van der Waals surface area contributed by atoms with Crippen molar-refractivity contribution in [1.29, 1.82) is 0 Å². The number of aromatic nitrogens is 1. The van der Waals surface area contributed by atoms with Crippen LogP contribution in [-0.4, -0.2) is 67.0 Å². The lowest BCUT2D eigenvalue weighted by Gasteiger charge is -2.32. The minimum Gasteiger partial charge on any atom is -0.352 e. The van der Waals surface area contributed by atoms with E-state index < -0.39 is 0 Å². The third kappa shape index (κ3) is 4.10. The van der Waals surface area contributed by atoms with E-state index in [2.05, 4.69) is 27.1 Å². The zero-order chi connectivity index (χ0) is 16.9. The van der Waals surface area contributed by atoms with E-state index >= 15 is 0 Å². The molecule has 24 heavy (non-hydrogen) atoms. The summed E-state index contributed by atoms with van der Waals surface area (Å²) in [5.41, 5.74) is 2.47. The van der Waals surface area contributed by atoms with Gasteiger partial charge in [-0.05, 0) is 39.1 Å². The van der Waals surface area contributed by atoms with Crippen LogP contribution in [0, 0.1) is 6.92 Å². The lowest BCUT2D eigenvalue weighted by Crippen LogP contribution is -2.45. The number of benzene rings is 1. The topological polar surface area (TPSA) is 48.5 Å². The molecule has 1 aromatic heterocycles. The van der Waals surface area contributed by atoms with Gasteiger partial charge in [-0.25, -0.2) is 0 Å². The highest BCUT2D eigenvalue weighted by Gasteiger charge is 2.14. The SMILES string of the molecule is Cc1cc(C(=O)NCCCN2CCN(C)CC2)c2ccccc2n1. The molecular weight excluding hydrogens is 300 g/mol. The van der Waals surface area contributed by atoms with E-state index in [1.54, 1.807) is 0 Å². The van der Waals surface area contributed by atoms with E-state index in [1.165, 1.54) is 0 Å². The van der Waals surface area contributed by atoms with Gasteiger partial charge in [0.2, 0.25) is 0 Å². The van der Waals surface area contributed by atoms with Gasteiger partial charge in [0.25, 0.3) is 5.91 Å². The minimum atomic E-state index is -0.00456. The molecule has 2 aromatic rings. The van der Waals surface area contributed by atoms with E-state index in [-0.39, 0.29) is 5.91 Å². The number of nitrogens with one attached hydrogen (secondary N) is 1. The summed E-state index contributed by atoms with van der Waals surface area (Å²) in [4.78, 5) is 21.9. The second-order valence-electron chi connectivity index (χ2n) is 6.58. The van der Waals surface area contributed by atoms with Gasteiger partial charge in [-0.3, -0.25) is 9.78 Å². The zero-order valence-corrected chi connectivity index (χ0v) is 14.6. The summed E-state index contributed by atoms with van der Waals surface area (Å²) in [6.45, 7) is 8.20. The number of pyridine rings is 1. The van der Waals surface area contributed by atoms with Crippen molar-refractivity contribution < 1.29 is 4.79 Å². The molecule has 0 radical (unpaired) electrons. The number of para-hydroxylation sites is 1. The van der Waals surface area contributed by atoms with Crippen LogP contribution in [-0.2, 0) is 0 Å². The van der Waals surface area contributed by atoms with Crippen LogP contribution in [0.2, 0.25) is 0 Å². The van der Waals surface area contributed by atoms with Gasteiger partial charge in [0.15, 0.2) is 0 Å². The fraction of sp³-hybridized carbons (Fsp3) is 0.474. The molecule has 5 heteroatoms. The van der Waals surface area contributed by atoms with Crippen LogP contribution in [0.1, 0.15) is 22.5 Å². The lowest BCUT2D eigenvalue weighted by molar-refractivity contribution is 0.0951. The first-order valence-corrected chi connectivity index (χ1v) is 8.69. The van der Waals surface area contributed by atoms with Gasteiger partial charge in [0.05, 0.1) is 11.1 Å². The smallest absolute Gasteiger partial charge is 0.252 e. The third-order valence-electron chi connectivity index (χ3n) is 4.62. The molecule has 0 spiro atoms. The summed E-state index contributed by atoms with van der Waals surface area (Å²) in [6.07, 6.45) is 0.984. The molecule has 0 unspecified atom stereocenters. The zero-order valence-electron chi connectivity index (χ0n) is 14.6. The highest BCUT2D eigenvalue weighted by molar-refractivity contribution is 6.06. The molecular formula is C19H26N4O. The van der Waals surface area contributed by atoms with Crippen molar-refractivity contribution in [3.05, 3.63) is 41.6 Å². The van der Waals surface area contributed by atoms with Crippen molar-refractivity contribution in [2.75, 3.05) is 46.3 Å². The Hall–Kier alpha value is -1.98. The molecule has 2 heterocycles. The van der Waals surface area contributed by atoms with Gasteiger partial charge in [0.1, 0.15) is 0 Å². The van der Waals surface area contributed by atoms with Gasteiger partial charge < -0.3 is 15.1 Å². The minimum absolute atomic E-state index is 0.00456. The largest absolute Gasteiger partial charge is 0.352 e. The van der Waals surface area contributed by atoms with Gasteiger partial charge >= 0.3 is 0 Å². The highest BCUT2D eigenvalue weighted by Crippen LogP contribution is 2.18. The second kappa shape index (κ2) is 7.73. The molecule has 1 aliphatic heterocycles. The molecule has 1 saturated heterocycles. The Morgan fingerprint density at radius 2 is 1.96 bits per heavy atom. The predicted octanol–water partition coefficient (Wildman–Crippen LogP) is 1.91. The summed E-state index contributed by atoms with van der Waals surface area (Å²) in [7, 11) is 2.17. The number of carbonyl (C=O) groups is 1. The van der Waals surface area contributed by atoms with Crippen molar-refractivity contribution in [2.45, 2.75) is 13.3 Å². The average molecular weight is 326 g/mol. The van der Waals surface area contributed by atoms with E-state index in [0.717, 1.165) is 61.3 Å². The predicted molar refractivity (Wildman–Crippen MR) is 97.4 cm³/mol. The standard InChI is InChI=1S/C19H26N4O/c1-15-14-17(16-6-3-4-7-18(16)21-15)19(24)20-8-5-9-23-12-10-22(2)11-13-23/h3-4,6-7,14H,5,8-13H2,1-2H3,(H,20,24). The molecule has 0 aliphatic carbocycles. The Balaban J connectivity index is 1.54. The fourth-order valence-corrected chi connectivity index (χ4v) is 3.17. The van der Waals surface area contributed by atoms with Gasteiger partial charge in [-0.15, -0.1) is 0 Å². The Bertz CT molecular complexity index is 708. The quantitative estimate of drug-likeness (QED) is 0.853. The number of aryl methyl sites for hydroxylation is 1. The maximum absolute atomic E-state index is 12.5. The van der Waals surface area contributed by atoms with Gasteiger partial charge in [0, 0.05) is 43.8 Å². The average Bonchev–Trinajstić information content (AvgIpc) is 2.59. The normalized spacial score (nSPS) is 16.4. The summed E-state index contributed by atoms with van der Waals surface area (Å²) in [5, 5.41) is 3.98. The van der Waals surface area contributed by atoms with Crippen LogP contribution < -0.4 is 5.32 Å². The lowest BCUT2D eigenvalue weighted by atomic mass is 10.1. The number of nitrogens with zero attached hydrogens (tertiary/aromatic N) is 3.